The highest BCUT2D eigenvalue weighted by Gasteiger charge is 2.37. The van der Waals surface area contributed by atoms with Crippen molar-refractivity contribution in [1.82, 2.24) is 19.7 Å². The second kappa shape index (κ2) is 7.96. The van der Waals surface area contributed by atoms with E-state index >= 15 is 0 Å². The highest BCUT2D eigenvalue weighted by Crippen LogP contribution is 2.38. The van der Waals surface area contributed by atoms with Crippen molar-refractivity contribution in [1.29, 1.82) is 0 Å². The molecular formula is C23H18F2N4O. The third kappa shape index (κ3) is 3.75. The molecule has 0 saturated heterocycles. The Balaban J connectivity index is 1.74. The predicted octanol–water partition coefficient (Wildman–Crippen LogP) is 4.22. The molecule has 2 aromatic heterocycles. The Labute approximate surface area is 172 Å². The van der Waals surface area contributed by atoms with Crippen LogP contribution in [-0.4, -0.2) is 24.9 Å². The first-order chi connectivity index (χ1) is 14.5. The molecule has 0 radical (unpaired) electrons. The van der Waals surface area contributed by atoms with Crippen LogP contribution in [0.2, 0.25) is 0 Å². The molecule has 2 aromatic carbocycles. The molecule has 0 aliphatic rings. The van der Waals surface area contributed by atoms with Crippen molar-refractivity contribution in [2.75, 3.05) is 0 Å². The first-order valence-electron chi connectivity index (χ1n) is 9.18. The van der Waals surface area contributed by atoms with Crippen molar-refractivity contribution in [3.63, 3.8) is 0 Å². The van der Waals surface area contributed by atoms with Crippen LogP contribution in [0.3, 0.4) is 0 Å². The van der Waals surface area contributed by atoms with Crippen LogP contribution in [0.15, 0.2) is 86.2 Å². The van der Waals surface area contributed by atoms with Gasteiger partial charge < -0.3 is 5.11 Å². The van der Waals surface area contributed by atoms with E-state index in [1.54, 1.807) is 24.5 Å². The van der Waals surface area contributed by atoms with Crippen molar-refractivity contribution < 1.29 is 13.9 Å². The van der Waals surface area contributed by atoms with Crippen molar-refractivity contribution >= 4 is 5.57 Å². The maximum absolute atomic E-state index is 14.6. The molecule has 4 aromatic rings. The number of aliphatic hydroxyl groups is 1. The summed E-state index contributed by atoms with van der Waals surface area (Å²) >= 11 is 0. The van der Waals surface area contributed by atoms with E-state index in [-0.39, 0.29) is 17.7 Å². The van der Waals surface area contributed by atoms with E-state index in [0.717, 1.165) is 23.3 Å². The summed E-state index contributed by atoms with van der Waals surface area (Å²) in [4.78, 5) is 7.98. The van der Waals surface area contributed by atoms with Crippen LogP contribution in [-0.2, 0) is 12.1 Å². The molecule has 2 heterocycles. The van der Waals surface area contributed by atoms with E-state index < -0.39 is 17.2 Å². The largest absolute Gasteiger partial charge is 0.378 e. The van der Waals surface area contributed by atoms with Gasteiger partial charge in [0.1, 0.15) is 29.9 Å². The zero-order chi connectivity index (χ0) is 21.1. The molecule has 4 rings (SSSR count). The number of aromatic nitrogens is 4. The van der Waals surface area contributed by atoms with Crippen LogP contribution >= 0.6 is 0 Å². The molecule has 0 spiro atoms. The monoisotopic (exact) mass is 404 g/mol. The van der Waals surface area contributed by atoms with Gasteiger partial charge >= 0.3 is 0 Å². The molecule has 1 N–H and O–H groups in total. The van der Waals surface area contributed by atoms with Crippen LogP contribution in [0, 0.1) is 11.6 Å². The molecule has 30 heavy (non-hydrogen) atoms. The van der Waals surface area contributed by atoms with Gasteiger partial charge in [0.25, 0.3) is 0 Å². The summed E-state index contributed by atoms with van der Waals surface area (Å²) in [5.74, 6) is -1.60. The van der Waals surface area contributed by atoms with Gasteiger partial charge in [0.2, 0.25) is 0 Å². The Hall–Kier alpha value is -3.71. The van der Waals surface area contributed by atoms with Crippen LogP contribution in [0.5, 0.6) is 0 Å². The SMILES string of the molecule is C=C(c1ccc(-c2cccnc2)cc1)C(O)(Cn1cncn1)c1ccc(F)cc1F. The third-order valence-electron chi connectivity index (χ3n) is 4.96. The summed E-state index contributed by atoms with van der Waals surface area (Å²) in [6.45, 7) is 3.90. The summed E-state index contributed by atoms with van der Waals surface area (Å²) in [6, 6.07) is 14.2. The minimum Gasteiger partial charge on any atom is -0.378 e. The number of pyridine rings is 1. The van der Waals surface area contributed by atoms with Crippen LogP contribution in [0.4, 0.5) is 8.78 Å². The summed E-state index contributed by atoms with van der Waals surface area (Å²) in [7, 11) is 0. The van der Waals surface area contributed by atoms with Crippen molar-refractivity contribution in [3.8, 4) is 11.1 Å². The van der Waals surface area contributed by atoms with Gasteiger partial charge in [-0.05, 0) is 40.5 Å². The molecule has 0 bridgehead atoms. The molecule has 5 nitrogen and oxygen atoms in total. The molecule has 1 unspecified atom stereocenters. The fourth-order valence-corrected chi connectivity index (χ4v) is 3.35. The molecular weight excluding hydrogens is 386 g/mol. The van der Waals surface area contributed by atoms with Gasteiger partial charge in [-0.25, -0.2) is 18.4 Å². The summed E-state index contributed by atoms with van der Waals surface area (Å²) < 4.78 is 29.5. The zero-order valence-electron chi connectivity index (χ0n) is 15.9. The maximum Gasteiger partial charge on any atom is 0.137 e. The van der Waals surface area contributed by atoms with Gasteiger partial charge in [0.05, 0.1) is 6.54 Å². The van der Waals surface area contributed by atoms with E-state index in [1.807, 2.05) is 24.3 Å². The molecule has 0 aliphatic heterocycles. The van der Waals surface area contributed by atoms with E-state index in [9.17, 15) is 13.9 Å². The lowest BCUT2D eigenvalue weighted by Crippen LogP contribution is -2.34. The standard InChI is InChI=1S/C23H18F2N4O/c1-16(17-4-6-18(7-5-17)19-3-2-10-26-12-19)23(30,13-29-15-27-14-28-29)21-9-8-20(24)11-22(21)25/h2-12,14-15,30H,1,13H2. The number of hydrogen-bond acceptors (Lipinski definition) is 4. The average molecular weight is 404 g/mol. The Morgan fingerprint density at radius 2 is 1.83 bits per heavy atom. The molecule has 0 aliphatic carbocycles. The lowest BCUT2D eigenvalue weighted by molar-refractivity contribution is 0.0726. The fourth-order valence-electron chi connectivity index (χ4n) is 3.35. The highest BCUT2D eigenvalue weighted by molar-refractivity contribution is 5.74. The van der Waals surface area contributed by atoms with Crippen LogP contribution in [0.25, 0.3) is 16.7 Å². The first-order valence-corrected chi connectivity index (χ1v) is 9.18. The van der Waals surface area contributed by atoms with Crippen molar-refractivity contribution in [2.24, 2.45) is 0 Å². The summed E-state index contributed by atoms with van der Waals surface area (Å²) in [5, 5.41) is 15.6. The van der Waals surface area contributed by atoms with Crippen LogP contribution in [0.1, 0.15) is 11.1 Å². The van der Waals surface area contributed by atoms with Gasteiger partial charge in [-0.2, -0.15) is 5.10 Å². The molecule has 150 valence electrons. The predicted molar refractivity (Wildman–Crippen MR) is 109 cm³/mol. The second-order valence-electron chi connectivity index (χ2n) is 6.88. The van der Waals surface area contributed by atoms with Crippen LogP contribution < -0.4 is 0 Å². The molecule has 7 heteroatoms. The van der Waals surface area contributed by atoms with Gasteiger partial charge in [-0.3, -0.25) is 4.98 Å². The minimum absolute atomic E-state index is 0.0965. The quantitative estimate of drug-likeness (QED) is 0.523. The first kappa shape index (κ1) is 19.6. The Morgan fingerprint density at radius 3 is 2.47 bits per heavy atom. The fraction of sp³-hybridized carbons (Fsp3) is 0.0870. The molecule has 0 fully saturated rings. The smallest absolute Gasteiger partial charge is 0.137 e. The van der Waals surface area contributed by atoms with E-state index in [0.29, 0.717) is 5.56 Å². The van der Waals surface area contributed by atoms with Crippen molar-refractivity contribution in [2.45, 2.75) is 12.1 Å². The third-order valence-corrected chi connectivity index (χ3v) is 4.96. The Bertz CT molecular complexity index is 1160. The van der Waals surface area contributed by atoms with Crippen molar-refractivity contribution in [3.05, 3.63) is 109 Å². The van der Waals surface area contributed by atoms with E-state index in [4.69, 9.17) is 0 Å². The van der Waals surface area contributed by atoms with Gasteiger partial charge in [-0.15, -0.1) is 0 Å². The van der Waals surface area contributed by atoms with Gasteiger partial charge in [0.15, 0.2) is 0 Å². The number of benzene rings is 2. The summed E-state index contributed by atoms with van der Waals surface area (Å²) in [5.41, 5.74) is 0.766. The number of hydrogen-bond donors (Lipinski definition) is 1. The molecule has 0 saturated carbocycles. The van der Waals surface area contributed by atoms with Gasteiger partial charge in [-0.1, -0.05) is 36.9 Å². The number of rotatable bonds is 6. The Morgan fingerprint density at radius 1 is 1.03 bits per heavy atom. The van der Waals surface area contributed by atoms with E-state index in [2.05, 4.69) is 21.6 Å². The zero-order valence-corrected chi connectivity index (χ0v) is 15.9. The van der Waals surface area contributed by atoms with E-state index in [1.165, 1.54) is 23.4 Å². The lowest BCUT2D eigenvalue weighted by atomic mass is 9.82. The maximum atomic E-state index is 14.6. The lowest BCUT2D eigenvalue weighted by Gasteiger charge is -2.31. The number of halogens is 2. The normalized spacial score (nSPS) is 13.0. The second-order valence-corrected chi connectivity index (χ2v) is 6.88. The Kier molecular flexibility index (Phi) is 5.20. The molecule has 0 amide bonds. The molecule has 1 atom stereocenters. The highest BCUT2D eigenvalue weighted by atomic mass is 19.1. The minimum atomic E-state index is -1.87. The van der Waals surface area contributed by atoms with Gasteiger partial charge in [0, 0.05) is 24.0 Å². The topological polar surface area (TPSA) is 63.8 Å². The average Bonchev–Trinajstić information content (AvgIpc) is 3.26. The summed E-state index contributed by atoms with van der Waals surface area (Å²) in [6.07, 6.45) is 6.16. The number of nitrogens with zero attached hydrogens (tertiary/aromatic N) is 4.